The van der Waals surface area contributed by atoms with Crippen molar-refractivity contribution in [2.45, 2.75) is 12.8 Å². The molecule has 0 atom stereocenters. The molecule has 0 bridgehead atoms. The van der Waals surface area contributed by atoms with E-state index in [0.717, 1.165) is 17.9 Å². The van der Waals surface area contributed by atoms with Gasteiger partial charge in [0, 0.05) is 39.8 Å². The second kappa shape index (κ2) is 16.1. The van der Waals surface area contributed by atoms with Crippen molar-refractivity contribution in [2.24, 2.45) is 0 Å². The Morgan fingerprint density at radius 3 is 2.69 bits per heavy atom. The fourth-order valence-corrected chi connectivity index (χ4v) is 2.67. The first-order valence-corrected chi connectivity index (χ1v) is 7.58. The van der Waals surface area contributed by atoms with E-state index < -0.39 is 0 Å². The average molecular weight is 453 g/mol. The van der Waals surface area contributed by atoms with Crippen LogP contribution in [-0.4, -0.2) is 37.1 Å². The van der Waals surface area contributed by atoms with Crippen molar-refractivity contribution in [3.05, 3.63) is 5.73 Å². The van der Waals surface area contributed by atoms with Gasteiger partial charge in [0.25, 0.3) is 0 Å². The van der Waals surface area contributed by atoms with Gasteiger partial charge in [-0.25, -0.2) is 0 Å². The van der Waals surface area contributed by atoms with Crippen LogP contribution < -0.4 is 5.32 Å². The second-order valence-electron chi connectivity index (χ2n) is 2.68. The largest absolute Gasteiger partial charge is 0.677 e. The molecular weight excluding hydrogens is 436 g/mol. The van der Waals surface area contributed by atoms with E-state index in [4.69, 9.17) is 5.73 Å². The van der Waals surface area contributed by atoms with Crippen LogP contribution >= 0.6 is 34.5 Å². The summed E-state index contributed by atoms with van der Waals surface area (Å²) < 4.78 is 4.57. The topological polar surface area (TPSA) is 62.1 Å². The summed E-state index contributed by atoms with van der Waals surface area (Å²) in [5.41, 5.74) is 6.92. The fraction of sp³-hybridized carbons (Fsp3) is 0.875. The monoisotopic (exact) mass is 453 g/mol. The Morgan fingerprint density at radius 2 is 2.06 bits per heavy atom. The fourth-order valence-electron chi connectivity index (χ4n) is 0.747. The first kappa shape index (κ1) is 19.5. The summed E-state index contributed by atoms with van der Waals surface area (Å²) in [7, 11) is 3.30. The average Bonchev–Trinajstić information content (AvgIpc) is 2.24. The Hall–Kier alpha value is 1.13. The van der Waals surface area contributed by atoms with Crippen LogP contribution in [0.3, 0.4) is 0 Å². The Morgan fingerprint density at radius 1 is 1.38 bits per heavy atom. The SMILES string of the molecule is [NH-]CCSSCCC(=O)NCCCOS.[W]. The molecule has 0 aliphatic heterocycles. The molecule has 96 valence electrons. The van der Waals surface area contributed by atoms with Gasteiger partial charge in [0.2, 0.25) is 5.91 Å². The molecule has 0 aromatic carbocycles. The minimum Gasteiger partial charge on any atom is -0.677 e. The first-order chi connectivity index (χ1) is 7.31. The third kappa shape index (κ3) is 15.1. The first-order valence-electron chi connectivity index (χ1n) is 4.73. The maximum atomic E-state index is 11.2. The molecule has 0 aromatic rings. The van der Waals surface area contributed by atoms with Crippen LogP contribution in [0.5, 0.6) is 0 Å². The Labute approximate surface area is 125 Å². The number of hydrogen-bond donors (Lipinski definition) is 2. The molecule has 0 aliphatic rings. The van der Waals surface area contributed by atoms with E-state index in [-0.39, 0.29) is 27.0 Å². The van der Waals surface area contributed by atoms with Gasteiger partial charge in [-0.1, -0.05) is 21.6 Å². The van der Waals surface area contributed by atoms with E-state index in [0.29, 0.717) is 26.1 Å². The van der Waals surface area contributed by atoms with Gasteiger partial charge in [-0.2, -0.15) is 0 Å². The maximum Gasteiger partial charge on any atom is 0.220 e. The molecular formula is C8H17N2O2S3W-. The molecule has 0 spiro atoms. The third-order valence-corrected chi connectivity index (χ3v) is 4.01. The van der Waals surface area contributed by atoms with Crippen LogP contribution in [0, 0.1) is 0 Å². The maximum absolute atomic E-state index is 11.2. The van der Waals surface area contributed by atoms with Gasteiger partial charge in [-0.3, -0.25) is 4.79 Å². The van der Waals surface area contributed by atoms with Crippen molar-refractivity contribution in [3.8, 4) is 0 Å². The molecule has 0 fully saturated rings. The molecule has 0 heterocycles. The standard InChI is InChI=1S/C8H17N2O2S3.W/c9-3-7-15-14-6-2-8(11)10-4-1-5-12-13;/h9,13H,1-7H2,(H,10,11);/q-1;. The molecule has 8 heteroatoms. The van der Waals surface area contributed by atoms with Crippen molar-refractivity contribution in [1.82, 2.24) is 5.32 Å². The van der Waals surface area contributed by atoms with Gasteiger partial charge in [-0.15, -0.1) is 6.54 Å². The number of hydrogen-bond acceptors (Lipinski definition) is 5. The summed E-state index contributed by atoms with van der Waals surface area (Å²) in [5, 5.41) is 2.80. The Kier molecular flexibility index (Phi) is 19.6. The number of thiol groups is 1. The molecule has 0 rings (SSSR count). The van der Waals surface area contributed by atoms with Crippen molar-refractivity contribution >= 4 is 40.4 Å². The molecule has 0 saturated carbocycles. The molecule has 0 unspecified atom stereocenters. The van der Waals surface area contributed by atoms with Crippen LogP contribution in [0.15, 0.2) is 0 Å². The quantitative estimate of drug-likeness (QED) is 0.231. The smallest absolute Gasteiger partial charge is 0.220 e. The van der Waals surface area contributed by atoms with Gasteiger partial charge in [0.1, 0.15) is 0 Å². The van der Waals surface area contributed by atoms with E-state index in [1.54, 1.807) is 21.6 Å². The molecule has 0 aromatic heterocycles. The molecule has 2 N–H and O–H groups in total. The molecule has 1 amide bonds. The molecule has 4 nitrogen and oxygen atoms in total. The van der Waals surface area contributed by atoms with Crippen LogP contribution in [0.25, 0.3) is 5.73 Å². The van der Waals surface area contributed by atoms with Gasteiger partial charge in [0.15, 0.2) is 0 Å². The van der Waals surface area contributed by atoms with Gasteiger partial charge < -0.3 is 15.2 Å². The van der Waals surface area contributed by atoms with Crippen LogP contribution in [0.2, 0.25) is 0 Å². The van der Waals surface area contributed by atoms with Crippen LogP contribution in [0.1, 0.15) is 12.8 Å². The third-order valence-electron chi connectivity index (χ3n) is 1.42. The van der Waals surface area contributed by atoms with E-state index in [1.807, 2.05) is 0 Å². The second-order valence-corrected chi connectivity index (χ2v) is 5.64. The van der Waals surface area contributed by atoms with Crippen molar-refractivity contribution in [3.63, 3.8) is 0 Å². The number of carbonyl (C=O) groups is 1. The molecule has 0 aliphatic carbocycles. The zero-order valence-corrected chi connectivity index (χ0v) is 14.4. The predicted octanol–water partition coefficient (Wildman–Crippen LogP) is 2.18. The molecule has 16 heavy (non-hydrogen) atoms. The summed E-state index contributed by atoms with van der Waals surface area (Å²) in [5.74, 6) is 1.71. The van der Waals surface area contributed by atoms with Gasteiger partial charge >= 0.3 is 0 Å². The van der Waals surface area contributed by atoms with Gasteiger partial charge in [0.05, 0.1) is 6.61 Å². The van der Waals surface area contributed by atoms with E-state index in [1.165, 1.54) is 0 Å². The van der Waals surface area contributed by atoms with Crippen molar-refractivity contribution in [1.29, 1.82) is 0 Å². The Balaban J connectivity index is 0. The van der Waals surface area contributed by atoms with Gasteiger partial charge in [-0.05, 0) is 25.1 Å². The van der Waals surface area contributed by atoms with Crippen LogP contribution in [0.4, 0.5) is 0 Å². The molecule has 0 radical (unpaired) electrons. The number of nitrogens with one attached hydrogen (secondary N) is 2. The Bertz CT molecular complexity index is 166. The summed E-state index contributed by atoms with van der Waals surface area (Å²) in [6.45, 7) is 1.63. The zero-order valence-electron chi connectivity index (χ0n) is 8.94. The normalized spacial score (nSPS) is 9.62. The summed E-state index contributed by atoms with van der Waals surface area (Å²) >= 11 is 3.60. The number of carbonyl (C=O) groups excluding carboxylic acids is 1. The van der Waals surface area contributed by atoms with E-state index in [2.05, 4.69) is 22.4 Å². The minimum atomic E-state index is 0. The number of amides is 1. The minimum absolute atomic E-state index is 0. The van der Waals surface area contributed by atoms with Crippen LogP contribution in [-0.2, 0) is 30.0 Å². The zero-order chi connectivity index (χ0) is 11.4. The number of rotatable bonds is 10. The summed E-state index contributed by atoms with van der Waals surface area (Å²) in [6.07, 6.45) is 1.33. The van der Waals surface area contributed by atoms with Crippen molar-refractivity contribution in [2.75, 3.05) is 31.2 Å². The molecule has 0 saturated heterocycles. The van der Waals surface area contributed by atoms with E-state index >= 15 is 0 Å². The summed E-state index contributed by atoms with van der Waals surface area (Å²) in [4.78, 5) is 11.2. The van der Waals surface area contributed by atoms with Crippen molar-refractivity contribution < 1.29 is 30.0 Å². The predicted molar refractivity (Wildman–Crippen MR) is 71.3 cm³/mol. The van der Waals surface area contributed by atoms with E-state index in [9.17, 15) is 4.79 Å². The summed E-state index contributed by atoms with van der Waals surface area (Å²) in [6, 6.07) is 0.